The Morgan fingerprint density at radius 3 is 2.59 bits per heavy atom. The van der Waals surface area contributed by atoms with E-state index in [0.717, 1.165) is 0 Å². The van der Waals surface area contributed by atoms with Gasteiger partial charge in [-0.05, 0) is 36.4 Å². The van der Waals surface area contributed by atoms with E-state index in [-0.39, 0.29) is 18.0 Å². The standard InChI is InChI=1S/C17H15ClN4O5/c1-27-15-7-2-11(8-14(15)22(25)26)9-20-21-16(23)10-19-17(24)12-3-5-13(18)6-4-12/h2-9H,10H2,1H3,(H,19,24)(H,21,23)/b20-9-. The molecule has 2 rings (SSSR count). The van der Waals surface area contributed by atoms with Crippen LogP contribution in [0.1, 0.15) is 15.9 Å². The van der Waals surface area contributed by atoms with Crippen molar-refractivity contribution in [3.05, 3.63) is 68.7 Å². The van der Waals surface area contributed by atoms with Crippen molar-refractivity contribution < 1.29 is 19.2 Å². The zero-order chi connectivity index (χ0) is 19.8. The number of halogens is 1. The Morgan fingerprint density at radius 1 is 1.26 bits per heavy atom. The number of ether oxygens (including phenoxy) is 1. The number of nitrogens with one attached hydrogen (secondary N) is 2. The number of hydrazone groups is 1. The molecule has 0 aliphatic rings. The summed E-state index contributed by atoms with van der Waals surface area (Å²) in [7, 11) is 1.33. The topological polar surface area (TPSA) is 123 Å². The number of rotatable bonds is 7. The molecule has 2 aromatic rings. The van der Waals surface area contributed by atoms with Crippen LogP contribution >= 0.6 is 11.6 Å². The van der Waals surface area contributed by atoms with Gasteiger partial charge >= 0.3 is 5.69 Å². The minimum absolute atomic E-state index is 0.117. The fraction of sp³-hybridized carbons (Fsp3) is 0.118. The average molecular weight is 391 g/mol. The third-order valence-electron chi connectivity index (χ3n) is 3.32. The molecule has 9 nitrogen and oxygen atoms in total. The quantitative estimate of drug-likeness (QED) is 0.426. The van der Waals surface area contributed by atoms with Crippen LogP contribution in [0.2, 0.25) is 5.02 Å². The summed E-state index contributed by atoms with van der Waals surface area (Å²) in [4.78, 5) is 34.0. The molecule has 0 aliphatic carbocycles. The normalized spacial score (nSPS) is 10.4. The monoisotopic (exact) mass is 390 g/mol. The van der Waals surface area contributed by atoms with Crippen LogP contribution in [-0.2, 0) is 4.79 Å². The summed E-state index contributed by atoms with van der Waals surface area (Å²) in [5, 5.41) is 17.6. The summed E-state index contributed by atoms with van der Waals surface area (Å²) in [5.74, 6) is -0.876. The van der Waals surface area contributed by atoms with Crippen molar-refractivity contribution in [2.45, 2.75) is 0 Å². The number of nitrogens with zero attached hydrogens (tertiary/aromatic N) is 2. The van der Waals surface area contributed by atoms with Gasteiger partial charge in [0.15, 0.2) is 5.75 Å². The predicted octanol–water partition coefficient (Wildman–Crippen LogP) is 2.14. The Hall–Kier alpha value is -3.46. The van der Waals surface area contributed by atoms with Crippen molar-refractivity contribution >= 4 is 35.3 Å². The molecule has 0 atom stereocenters. The number of benzene rings is 2. The van der Waals surface area contributed by atoms with E-state index in [1.807, 2.05) is 0 Å². The van der Waals surface area contributed by atoms with E-state index in [2.05, 4.69) is 15.8 Å². The second-order valence-corrected chi connectivity index (χ2v) is 5.61. The fourth-order valence-corrected chi connectivity index (χ4v) is 2.14. The van der Waals surface area contributed by atoms with Crippen molar-refractivity contribution in [3.63, 3.8) is 0 Å². The minimum Gasteiger partial charge on any atom is -0.490 e. The smallest absolute Gasteiger partial charge is 0.311 e. The first-order valence-corrected chi connectivity index (χ1v) is 7.96. The molecule has 2 amide bonds. The molecule has 27 heavy (non-hydrogen) atoms. The van der Waals surface area contributed by atoms with Crippen molar-refractivity contribution in [2.75, 3.05) is 13.7 Å². The number of hydrogen-bond donors (Lipinski definition) is 2. The van der Waals surface area contributed by atoms with Crippen LogP contribution in [0, 0.1) is 10.1 Å². The number of nitro groups is 1. The lowest BCUT2D eigenvalue weighted by Crippen LogP contribution is -2.34. The molecule has 0 aromatic heterocycles. The average Bonchev–Trinajstić information content (AvgIpc) is 2.66. The number of nitro benzene ring substituents is 1. The highest BCUT2D eigenvalue weighted by molar-refractivity contribution is 6.30. The van der Waals surface area contributed by atoms with E-state index in [4.69, 9.17) is 16.3 Å². The number of hydrogen-bond acceptors (Lipinski definition) is 6. The first-order valence-electron chi connectivity index (χ1n) is 7.59. The van der Waals surface area contributed by atoms with Crippen molar-refractivity contribution in [1.82, 2.24) is 10.7 Å². The largest absolute Gasteiger partial charge is 0.490 e. The SMILES string of the molecule is COc1ccc(/C=N\NC(=O)CNC(=O)c2ccc(Cl)cc2)cc1[N+](=O)[O-]. The first kappa shape index (κ1) is 19.9. The second-order valence-electron chi connectivity index (χ2n) is 5.17. The second kappa shape index (κ2) is 9.30. The highest BCUT2D eigenvalue weighted by Gasteiger charge is 2.14. The van der Waals surface area contributed by atoms with Gasteiger partial charge in [-0.15, -0.1) is 0 Å². The van der Waals surface area contributed by atoms with Gasteiger partial charge in [0, 0.05) is 22.2 Å². The first-order chi connectivity index (χ1) is 12.9. The molecule has 140 valence electrons. The van der Waals surface area contributed by atoms with Gasteiger partial charge in [0.05, 0.1) is 24.8 Å². The van der Waals surface area contributed by atoms with Crippen molar-refractivity contribution in [3.8, 4) is 5.75 Å². The number of carbonyl (C=O) groups is 2. The lowest BCUT2D eigenvalue weighted by molar-refractivity contribution is -0.385. The number of amides is 2. The fourth-order valence-electron chi connectivity index (χ4n) is 2.01. The summed E-state index contributed by atoms with van der Waals surface area (Å²) in [6, 6.07) is 10.4. The predicted molar refractivity (Wildman–Crippen MR) is 99.2 cm³/mol. The molecular formula is C17H15ClN4O5. The van der Waals surface area contributed by atoms with E-state index < -0.39 is 16.7 Å². The maximum absolute atomic E-state index is 11.9. The molecule has 2 aromatic carbocycles. The zero-order valence-corrected chi connectivity index (χ0v) is 14.9. The Morgan fingerprint density at radius 2 is 1.96 bits per heavy atom. The van der Waals surface area contributed by atoms with Crippen LogP contribution in [0.5, 0.6) is 5.75 Å². The van der Waals surface area contributed by atoms with Crippen molar-refractivity contribution in [2.24, 2.45) is 5.10 Å². The Bertz CT molecular complexity index is 883. The van der Waals surface area contributed by atoms with Crippen LogP contribution in [0.4, 0.5) is 5.69 Å². The van der Waals surface area contributed by atoms with Crippen LogP contribution in [0.25, 0.3) is 0 Å². The highest BCUT2D eigenvalue weighted by atomic mass is 35.5. The summed E-state index contributed by atoms with van der Waals surface area (Å²) >= 11 is 5.74. The van der Waals surface area contributed by atoms with Gasteiger partial charge in [0.1, 0.15) is 0 Å². The maximum Gasteiger partial charge on any atom is 0.311 e. The third-order valence-corrected chi connectivity index (χ3v) is 3.57. The lowest BCUT2D eigenvalue weighted by atomic mass is 10.2. The van der Waals surface area contributed by atoms with Gasteiger partial charge in [-0.1, -0.05) is 11.6 Å². The van der Waals surface area contributed by atoms with Crippen LogP contribution in [0.3, 0.4) is 0 Å². The number of carbonyl (C=O) groups excluding carboxylic acids is 2. The zero-order valence-electron chi connectivity index (χ0n) is 14.1. The molecule has 0 saturated carbocycles. The summed E-state index contributed by atoms with van der Waals surface area (Å²) in [6.07, 6.45) is 1.24. The van der Waals surface area contributed by atoms with Crippen LogP contribution < -0.4 is 15.5 Å². The molecule has 2 N–H and O–H groups in total. The molecule has 0 radical (unpaired) electrons. The van der Waals surface area contributed by atoms with Gasteiger partial charge < -0.3 is 10.1 Å². The highest BCUT2D eigenvalue weighted by Crippen LogP contribution is 2.26. The van der Waals surface area contributed by atoms with Gasteiger partial charge in [0.25, 0.3) is 11.8 Å². The molecule has 0 spiro atoms. The molecule has 10 heteroatoms. The van der Waals surface area contributed by atoms with Gasteiger partial charge in [-0.25, -0.2) is 5.43 Å². The summed E-state index contributed by atoms with van der Waals surface area (Å²) in [6.45, 7) is -0.290. The Balaban J connectivity index is 1.88. The summed E-state index contributed by atoms with van der Waals surface area (Å²) < 4.78 is 4.90. The van der Waals surface area contributed by atoms with E-state index in [1.165, 1.54) is 37.6 Å². The molecule has 0 heterocycles. The van der Waals surface area contributed by atoms with Gasteiger partial charge in [-0.3, -0.25) is 19.7 Å². The van der Waals surface area contributed by atoms with E-state index >= 15 is 0 Å². The van der Waals surface area contributed by atoms with E-state index in [0.29, 0.717) is 16.1 Å². The molecule has 0 aliphatic heterocycles. The molecule has 0 unspecified atom stereocenters. The molecule has 0 saturated heterocycles. The molecular weight excluding hydrogens is 376 g/mol. The van der Waals surface area contributed by atoms with Crippen LogP contribution in [-0.4, -0.2) is 36.6 Å². The maximum atomic E-state index is 11.9. The molecule has 0 bridgehead atoms. The van der Waals surface area contributed by atoms with Gasteiger partial charge in [0.2, 0.25) is 0 Å². The van der Waals surface area contributed by atoms with Gasteiger partial charge in [-0.2, -0.15) is 5.10 Å². The third kappa shape index (κ3) is 5.79. The Kier molecular flexibility index (Phi) is 6.84. The van der Waals surface area contributed by atoms with Crippen molar-refractivity contribution in [1.29, 1.82) is 0 Å². The van der Waals surface area contributed by atoms with E-state index in [9.17, 15) is 19.7 Å². The minimum atomic E-state index is -0.582. The van der Waals surface area contributed by atoms with Crippen LogP contribution in [0.15, 0.2) is 47.6 Å². The number of methoxy groups -OCH3 is 1. The Labute approximate surface area is 159 Å². The lowest BCUT2D eigenvalue weighted by Gasteiger charge is -2.04. The van der Waals surface area contributed by atoms with E-state index in [1.54, 1.807) is 18.2 Å². The summed E-state index contributed by atoms with van der Waals surface area (Å²) in [5.41, 5.74) is 2.76. The molecule has 0 fully saturated rings.